The summed E-state index contributed by atoms with van der Waals surface area (Å²) < 4.78 is 8.49. The highest BCUT2D eigenvalue weighted by atomic mass is 35.5. The predicted octanol–water partition coefficient (Wildman–Crippen LogP) is 3.83. The molecule has 9 nitrogen and oxygen atoms in total. The summed E-state index contributed by atoms with van der Waals surface area (Å²) in [5, 5.41) is 4.13. The Labute approximate surface area is 212 Å². The van der Waals surface area contributed by atoms with Crippen LogP contribution in [-0.2, 0) is 17.7 Å². The maximum absolute atomic E-state index is 13.5. The molecule has 5 aromatic rings. The normalized spacial score (nSPS) is 13.8. The SMILES string of the molecule is COCCN1CCc2ccc(Nc3ncc4c(=O)n(-c5ccccc5Cl)c5nccn5c4n3)cc2C1. The third kappa shape index (κ3) is 4.01. The molecular weight excluding hydrogens is 478 g/mol. The molecule has 182 valence electrons. The van der Waals surface area contributed by atoms with Gasteiger partial charge in [-0.05, 0) is 41.8 Å². The summed E-state index contributed by atoms with van der Waals surface area (Å²) in [4.78, 5) is 29.4. The summed E-state index contributed by atoms with van der Waals surface area (Å²) in [7, 11) is 1.73. The summed E-state index contributed by atoms with van der Waals surface area (Å²) in [6.07, 6.45) is 5.97. The number of rotatable bonds is 6. The Balaban J connectivity index is 1.37. The molecule has 0 amide bonds. The number of para-hydroxylation sites is 1. The maximum Gasteiger partial charge on any atom is 0.270 e. The second-order valence-electron chi connectivity index (χ2n) is 8.75. The van der Waals surface area contributed by atoms with Gasteiger partial charge in [-0.15, -0.1) is 0 Å². The minimum atomic E-state index is -0.284. The number of fused-ring (bicyclic) bond motifs is 4. The average Bonchev–Trinajstić information content (AvgIpc) is 3.38. The van der Waals surface area contributed by atoms with Gasteiger partial charge < -0.3 is 10.1 Å². The van der Waals surface area contributed by atoms with E-state index in [0.29, 0.717) is 33.5 Å². The van der Waals surface area contributed by atoms with Crippen molar-refractivity contribution in [3.8, 4) is 5.69 Å². The lowest BCUT2D eigenvalue weighted by atomic mass is 9.99. The Morgan fingerprint density at radius 1 is 1.14 bits per heavy atom. The van der Waals surface area contributed by atoms with Gasteiger partial charge in [-0.3, -0.25) is 14.1 Å². The molecule has 6 rings (SSSR count). The van der Waals surface area contributed by atoms with Crippen molar-refractivity contribution in [1.82, 2.24) is 28.8 Å². The molecule has 0 saturated carbocycles. The molecule has 1 aliphatic rings. The Hall–Kier alpha value is -3.79. The maximum atomic E-state index is 13.5. The van der Waals surface area contributed by atoms with Crippen molar-refractivity contribution in [2.75, 3.05) is 32.1 Å². The van der Waals surface area contributed by atoms with Crippen LogP contribution in [0.2, 0.25) is 5.02 Å². The van der Waals surface area contributed by atoms with Crippen LogP contribution in [0, 0.1) is 0 Å². The first kappa shape index (κ1) is 22.7. The number of nitrogens with one attached hydrogen (secondary N) is 1. The zero-order valence-electron chi connectivity index (χ0n) is 19.7. The molecule has 0 bridgehead atoms. The highest BCUT2D eigenvalue weighted by molar-refractivity contribution is 6.32. The lowest BCUT2D eigenvalue weighted by Gasteiger charge is -2.28. The molecule has 0 aliphatic carbocycles. The minimum Gasteiger partial charge on any atom is -0.383 e. The van der Waals surface area contributed by atoms with Crippen LogP contribution in [0.4, 0.5) is 11.6 Å². The molecule has 0 saturated heterocycles. The van der Waals surface area contributed by atoms with Crippen molar-refractivity contribution < 1.29 is 4.74 Å². The predicted molar refractivity (Wildman–Crippen MR) is 139 cm³/mol. The van der Waals surface area contributed by atoms with Gasteiger partial charge in [0.2, 0.25) is 11.7 Å². The van der Waals surface area contributed by atoms with E-state index in [1.54, 1.807) is 42.2 Å². The van der Waals surface area contributed by atoms with Crippen LogP contribution < -0.4 is 10.9 Å². The average molecular weight is 502 g/mol. The van der Waals surface area contributed by atoms with Gasteiger partial charge in [0.25, 0.3) is 5.56 Å². The van der Waals surface area contributed by atoms with Gasteiger partial charge in [0.05, 0.1) is 17.3 Å². The van der Waals surface area contributed by atoms with Crippen LogP contribution in [0.15, 0.2) is 65.8 Å². The van der Waals surface area contributed by atoms with Gasteiger partial charge in [0.15, 0.2) is 5.65 Å². The number of anilines is 2. The van der Waals surface area contributed by atoms with Gasteiger partial charge in [-0.1, -0.05) is 29.8 Å². The van der Waals surface area contributed by atoms with E-state index in [1.165, 1.54) is 15.7 Å². The molecule has 0 fully saturated rings. The molecule has 36 heavy (non-hydrogen) atoms. The lowest BCUT2D eigenvalue weighted by Crippen LogP contribution is -2.33. The standard InChI is InChI=1S/C26H24ClN7O2/c1-36-13-12-32-10-8-17-6-7-19(14-18(17)16-32)30-25-29-15-20-23(31-25)33-11-9-28-26(33)34(24(20)35)22-5-3-2-4-21(22)27/h2-7,9,11,14-15H,8,10,12-13,16H2,1H3,(H,29,30,31). The third-order valence-electron chi connectivity index (χ3n) is 6.51. The van der Waals surface area contributed by atoms with E-state index in [9.17, 15) is 4.79 Å². The highest BCUT2D eigenvalue weighted by Gasteiger charge is 2.18. The smallest absolute Gasteiger partial charge is 0.270 e. The van der Waals surface area contributed by atoms with E-state index in [-0.39, 0.29) is 5.56 Å². The fourth-order valence-electron chi connectivity index (χ4n) is 4.69. The number of hydrogen-bond donors (Lipinski definition) is 1. The van der Waals surface area contributed by atoms with Crippen molar-refractivity contribution in [1.29, 1.82) is 0 Å². The zero-order chi connectivity index (χ0) is 24.6. The van der Waals surface area contributed by atoms with Crippen molar-refractivity contribution >= 4 is 40.0 Å². The van der Waals surface area contributed by atoms with Crippen LogP contribution in [-0.4, -0.2) is 55.6 Å². The first-order valence-electron chi connectivity index (χ1n) is 11.7. The quantitative estimate of drug-likeness (QED) is 0.378. The van der Waals surface area contributed by atoms with E-state index in [1.807, 2.05) is 18.2 Å². The molecule has 0 unspecified atom stereocenters. The summed E-state index contributed by atoms with van der Waals surface area (Å²) in [5.41, 5.74) is 4.27. The van der Waals surface area contributed by atoms with Gasteiger partial charge in [-0.2, -0.15) is 4.98 Å². The fraction of sp³-hybridized carbons (Fsp3) is 0.231. The van der Waals surface area contributed by atoms with Crippen molar-refractivity contribution in [3.05, 3.63) is 87.6 Å². The number of imidazole rings is 1. The number of hydrogen-bond acceptors (Lipinski definition) is 7. The van der Waals surface area contributed by atoms with Crippen molar-refractivity contribution in [2.45, 2.75) is 13.0 Å². The highest BCUT2D eigenvalue weighted by Crippen LogP contribution is 2.25. The van der Waals surface area contributed by atoms with Crippen LogP contribution >= 0.6 is 11.6 Å². The summed E-state index contributed by atoms with van der Waals surface area (Å²) in [5.74, 6) is 0.828. The fourth-order valence-corrected chi connectivity index (χ4v) is 4.91. The molecule has 4 heterocycles. The van der Waals surface area contributed by atoms with Gasteiger partial charge >= 0.3 is 0 Å². The molecule has 0 atom stereocenters. The van der Waals surface area contributed by atoms with E-state index in [0.717, 1.165) is 38.3 Å². The van der Waals surface area contributed by atoms with Crippen molar-refractivity contribution in [2.24, 2.45) is 0 Å². The number of methoxy groups -OCH3 is 1. The van der Waals surface area contributed by atoms with Gasteiger partial charge in [0.1, 0.15) is 5.39 Å². The molecular formula is C26H24ClN7O2. The second kappa shape index (κ2) is 9.34. The van der Waals surface area contributed by atoms with E-state index < -0.39 is 0 Å². The largest absolute Gasteiger partial charge is 0.383 e. The molecule has 1 N–H and O–H groups in total. The minimum absolute atomic E-state index is 0.284. The van der Waals surface area contributed by atoms with Crippen LogP contribution in [0.25, 0.3) is 22.5 Å². The molecule has 3 aromatic heterocycles. The second-order valence-corrected chi connectivity index (χ2v) is 9.15. The molecule has 10 heteroatoms. The number of aromatic nitrogens is 5. The topological polar surface area (TPSA) is 89.6 Å². The number of halogens is 1. The Kier molecular flexibility index (Phi) is 5.88. The summed E-state index contributed by atoms with van der Waals surface area (Å²) in [6, 6.07) is 13.5. The van der Waals surface area contributed by atoms with E-state index >= 15 is 0 Å². The van der Waals surface area contributed by atoms with Crippen LogP contribution in [0.5, 0.6) is 0 Å². The molecule has 0 radical (unpaired) electrons. The number of benzene rings is 2. The lowest BCUT2D eigenvalue weighted by molar-refractivity contribution is 0.141. The van der Waals surface area contributed by atoms with Gasteiger partial charge in [0, 0.05) is 51.0 Å². The van der Waals surface area contributed by atoms with E-state index in [2.05, 4.69) is 37.3 Å². The molecule has 2 aromatic carbocycles. The Morgan fingerprint density at radius 3 is 2.89 bits per heavy atom. The van der Waals surface area contributed by atoms with Crippen molar-refractivity contribution in [3.63, 3.8) is 0 Å². The number of nitrogens with zero attached hydrogens (tertiary/aromatic N) is 6. The van der Waals surface area contributed by atoms with Gasteiger partial charge in [-0.25, -0.2) is 14.5 Å². The Bertz CT molecular complexity index is 1650. The Morgan fingerprint density at radius 2 is 2.03 bits per heavy atom. The van der Waals surface area contributed by atoms with E-state index in [4.69, 9.17) is 16.3 Å². The summed E-state index contributed by atoms with van der Waals surface area (Å²) >= 11 is 6.40. The number of ether oxygens (including phenoxy) is 1. The van der Waals surface area contributed by atoms with Crippen LogP contribution in [0.3, 0.4) is 0 Å². The third-order valence-corrected chi connectivity index (χ3v) is 6.83. The monoisotopic (exact) mass is 501 g/mol. The zero-order valence-corrected chi connectivity index (χ0v) is 20.4. The summed E-state index contributed by atoms with van der Waals surface area (Å²) in [6.45, 7) is 3.54. The molecule has 1 aliphatic heterocycles. The molecule has 0 spiro atoms. The first-order chi connectivity index (χ1) is 17.6. The van der Waals surface area contributed by atoms with Crippen LogP contribution in [0.1, 0.15) is 11.1 Å². The first-order valence-corrected chi connectivity index (χ1v) is 12.1.